The Morgan fingerprint density at radius 2 is 2.04 bits per heavy atom. The fourth-order valence-corrected chi connectivity index (χ4v) is 2.87. The van der Waals surface area contributed by atoms with Crippen LogP contribution < -0.4 is 10.6 Å². The van der Waals surface area contributed by atoms with E-state index in [1.165, 1.54) is 6.07 Å². The third-order valence-electron chi connectivity index (χ3n) is 4.02. The van der Waals surface area contributed by atoms with E-state index in [1.807, 2.05) is 20.8 Å². The van der Waals surface area contributed by atoms with E-state index in [2.05, 4.69) is 10.6 Å². The van der Waals surface area contributed by atoms with Crippen LogP contribution in [0.3, 0.4) is 0 Å². The lowest BCUT2D eigenvalue weighted by molar-refractivity contribution is -0.385. The fourth-order valence-electron chi connectivity index (χ4n) is 2.87. The van der Waals surface area contributed by atoms with Crippen molar-refractivity contribution in [3.05, 3.63) is 33.4 Å². The molecule has 0 radical (unpaired) electrons. The van der Waals surface area contributed by atoms with Gasteiger partial charge in [0.1, 0.15) is 0 Å². The SMILES string of the molecule is Cc1cc(C)c([N+](=O)[O-])cc1NC(=O)N[C@H]1CCOC(C)(C)C1. The Morgan fingerprint density at radius 1 is 1.35 bits per heavy atom. The summed E-state index contributed by atoms with van der Waals surface area (Å²) < 4.78 is 5.62. The predicted octanol–water partition coefficient (Wildman–Crippen LogP) is 3.29. The molecule has 7 heteroatoms. The molecular weight excluding hydrogens is 298 g/mol. The molecule has 2 N–H and O–H groups in total. The van der Waals surface area contributed by atoms with Gasteiger partial charge in [0, 0.05) is 24.3 Å². The van der Waals surface area contributed by atoms with Crippen molar-refractivity contribution in [3.8, 4) is 0 Å². The number of nitro groups is 1. The number of carbonyl (C=O) groups excluding carboxylic acids is 1. The van der Waals surface area contributed by atoms with Gasteiger partial charge in [0.2, 0.25) is 0 Å². The summed E-state index contributed by atoms with van der Waals surface area (Å²) in [6.45, 7) is 8.08. The maximum atomic E-state index is 12.2. The van der Waals surface area contributed by atoms with Gasteiger partial charge >= 0.3 is 6.03 Å². The lowest BCUT2D eigenvalue weighted by Gasteiger charge is -2.35. The minimum absolute atomic E-state index is 0.00176. The first-order valence-electron chi connectivity index (χ1n) is 7.65. The first-order valence-corrected chi connectivity index (χ1v) is 7.65. The molecule has 1 heterocycles. The molecule has 1 fully saturated rings. The van der Waals surface area contributed by atoms with Crippen LogP contribution in [0.5, 0.6) is 0 Å². The van der Waals surface area contributed by atoms with E-state index >= 15 is 0 Å². The van der Waals surface area contributed by atoms with Gasteiger partial charge in [-0.1, -0.05) is 0 Å². The second-order valence-corrected chi connectivity index (χ2v) is 6.61. The summed E-state index contributed by atoms with van der Waals surface area (Å²) in [4.78, 5) is 22.8. The summed E-state index contributed by atoms with van der Waals surface area (Å²) in [5.74, 6) is 0. The van der Waals surface area contributed by atoms with Crippen LogP contribution in [0, 0.1) is 24.0 Å². The first kappa shape index (κ1) is 17.2. The third-order valence-corrected chi connectivity index (χ3v) is 4.02. The highest BCUT2D eigenvalue weighted by molar-refractivity contribution is 5.90. The van der Waals surface area contributed by atoms with Crippen molar-refractivity contribution in [2.24, 2.45) is 0 Å². The number of urea groups is 1. The number of nitrogens with one attached hydrogen (secondary N) is 2. The number of nitro benzene ring substituents is 1. The van der Waals surface area contributed by atoms with E-state index in [-0.39, 0.29) is 23.4 Å². The van der Waals surface area contributed by atoms with Crippen LogP contribution in [0.25, 0.3) is 0 Å². The van der Waals surface area contributed by atoms with Crippen LogP contribution >= 0.6 is 0 Å². The van der Waals surface area contributed by atoms with Gasteiger partial charge in [-0.25, -0.2) is 4.79 Å². The Balaban J connectivity index is 2.05. The van der Waals surface area contributed by atoms with Crippen LogP contribution in [0.4, 0.5) is 16.2 Å². The fraction of sp³-hybridized carbons (Fsp3) is 0.562. The van der Waals surface area contributed by atoms with E-state index in [4.69, 9.17) is 4.74 Å². The minimum atomic E-state index is -0.446. The number of amides is 2. The number of nitrogens with zero attached hydrogens (tertiary/aromatic N) is 1. The van der Waals surface area contributed by atoms with Crippen molar-refractivity contribution < 1.29 is 14.5 Å². The number of aryl methyl sites for hydroxylation is 2. The smallest absolute Gasteiger partial charge is 0.319 e. The quantitative estimate of drug-likeness (QED) is 0.660. The lowest BCUT2D eigenvalue weighted by atomic mass is 9.94. The molecule has 1 aliphatic rings. The zero-order valence-corrected chi connectivity index (χ0v) is 13.9. The van der Waals surface area contributed by atoms with Gasteiger partial charge in [0.05, 0.1) is 16.2 Å². The van der Waals surface area contributed by atoms with Crippen LogP contribution in [-0.2, 0) is 4.74 Å². The lowest BCUT2D eigenvalue weighted by Crippen LogP contribution is -2.47. The van der Waals surface area contributed by atoms with Gasteiger partial charge in [-0.05, 0) is 52.2 Å². The average Bonchev–Trinajstić information content (AvgIpc) is 2.40. The molecule has 1 aromatic rings. The van der Waals surface area contributed by atoms with E-state index < -0.39 is 4.92 Å². The van der Waals surface area contributed by atoms with Crippen LogP contribution in [-0.4, -0.2) is 29.2 Å². The number of hydrogen-bond acceptors (Lipinski definition) is 4. The maximum absolute atomic E-state index is 12.2. The predicted molar refractivity (Wildman–Crippen MR) is 87.8 cm³/mol. The monoisotopic (exact) mass is 321 g/mol. The molecule has 7 nitrogen and oxygen atoms in total. The molecule has 0 unspecified atom stereocenters. The molecular formula is C16H23N3O4. The van der Waals surface area contributed by atoms with Crippen molar-refractivity contribution in [1.82, 2.24) is 5.32 Å². The minimum Gasteiger partial charge on any atom is -0.375 e. The summed E-state index contributed by atoms with van der Waals surface area (Å²) in [5.41, 5.74) is 1.55. The Morgan fingerprint density at radius 3 is 2.65 bits per heavy atom. The Labute approximate surface area is 135 Å². The van der Waals surface area contributed by atoms with Crippen molar-refractivity contribution in [2.75, 3.05) is 11.9 Å². The second-order valence-electron chi connectivity index (χ2n) is 6.61. The van der Waals surface area contributed by atoms with Crippen molar-refractivity contribution in [2.45, 2.75) is 52.2 Å². The molecule has 0 aromatic heterocycles. The summed E-state index contributed by atoms with van der Waals surface area (Å²) in [5, 5.41) is 16.6. The van der Waals surface area contributed by atoms with Gasteiger partial charge in [-0.3, -0.25) is 10.1 Å². The highest BCUT2D eigenvalue weighted by Gasteiger charge is 2.29. The van der Waals surface area contributed by atoms with E-state index in [1.54, 1.807) is 13.0 Å². The molecule has 0 saturated carbocycles. The maximum Gasteiger partial charge on any atom is 0.319 e. The molecule has 2 amide bonds. The Kier molecular flexibility index (Phi) is 4.89. The van der Waals surface area contributed by atoms with Gasteiger partial charge in [0.25, 0.3) is 5.69 Å². The zero-order chi connectivity index (χ0) is 17.2. The molecule has 1 aromatic carbocycles. The average molecular weight is 321 g/mol. The highest BCUT2D eigenvalue weighted by atomic mass is 16.6. The van der Waals surface area contributed by atoms with E-state index in [0.717, 1.165) is 18.4 Å². The molecule has 0 aliphatic carbocycles. The topological polar surface area (TPSA) is 93.5 Å². The van der Waals surface area contributed by atoms with Gasteiger partial charge < -0.3 is 15.4 Å². The normalized spacial score (nSPS) is 19.9. The molecule has 1 aliphatic heterocycles. The van der Waals surface area contributed by atoms with Gasteiger partial charge in [0.15, 0.2) is 0 Å². The van der Waals surface area contributed by atoms with Crippen molar-refractivity contribution in [3.63, 3.8) is 0 Å². The number of rotatable bonds is 3. The van der Waals surface area contributed by atoms with Crippen LogP contribution in [0.15, 0.2) is 12.1 Å². The molecule has 23 heavy (non-hydrogen) atoms. The van der Waals surface area contributed by atoms with Gasteiger partial charge in [-0.2, -0.15) is 0 Å². The molecule has 1 atom stereocenters. The number of hydrogen-bond donors (Lipinski definition) is 2. The van der Waals surface area contributed by atoms with Crippen LogP contribution in [0.1, 0.15) is 37.8 Å². The van der Waals surface area contributed by atoms with Crippen LogP contribution in [0.2, 0.25) is 0 Å². The molecule has 1 saturated heterocycles. The summed E-state index contributed by atoms with van der Waals surface area (Å²) >= 11 is 0. The third kappa shape index (κ3) is 4.41. The number of anilines is 1. The van der Waals surface area contributed by atoms with Crippen molar-refractivity contribution in [1.29, 1.82) is 0 Å². The molecule has 0 bridgehead atoms. The number of carbonyl (C=O) groups is 1. The van der Waals surface area contributed by atoms with E-state index in [0.29, 0.717) is 17.9 Å². The number of benzene rings is 1. The van der Waals surface area contributed by atoms with E-state index in [9.17, 15) is 14.9 Å². The standard InChI is InChI=1S/C16H23N3O4/c1-10-7-11(2)14(19(21)22)8-13(10)18-15(20)17-12-5-6-23-16(3,4)9-12/h7-8,12H,5-6,9H2,1-4H3,(H2,17,18,20)/t12-/m0/s1. The summed E-state index contributed by atoms with van der Waals surface area (Å²) in [7, 11) is 0. The second kappa shape index (κ2) is 6.54. The largest absolute Gasteiger partial charge is 0.375 e. The first-order chi connectivity index (χ1) is 10.7. The summed E-state index contributed by atoms with van der Waals surface area (Å²) in [6.07, 6.45) is 1.48. The molecule has 126 valence electrons. The zero-order valence-electron chi connectivity index (χ0n) is 13.9. The Bertz CT molecular complexity index is 628. The summed E-state index contributed by atoms with van der Waals surface area (Å²) in [6, 6.07) is 2.78. The molecule has 0 spiro atoms. The highest BCUT2D eigenvalue weighted by Crippen LogP contribution is 2.27. The molecule has 2 rings (SSSR count). The Hall–Kier alpha value is -2.15. The number of ether oxygens (including phenoxy) is 1. The van der Waals surface area contributed by atoms with Gasteiger partial charge in [-0.15, -0.1) is 0 Å². The van der Waals surface area contributed by atoms with Crippen molar-refractivity contribution >= 4 is 17.4 Å².